The highest BCUT2D eigenvalue weighted by molar-refractivity contribution is 6.20. The molecule has 5 nitrogen and oxygen atoms in total. The fraction of sp³-hybridized carbons (Fsp3) is 0.143. The quantitative estimate of drug-likeness (QED) is 0.706. The van der Waals surface area contributed by atoms with Gasteiger partial charge in [-0.25, -0.2) is 0 Å². The maximum Gasteiger partial charge on any atom is 0.162 e. The minimum Gasteiger partial charge on any atom is -0.402 e. The molecule has 3 aromatic rings. The molecule has 4 rings (SSSR count). The van der Waals surface area contributed by atoms with Crippen molar-refractivity contribution in [1.82, 2.24) is 4.98 Å². The summed E-state index contributed by atoms with van der Waals surface area (Å²) < 4.78 is 0. The SMILES string of the molecule is CC(=O)/C(=C(/C)N)c1ccc2c(c1)NN(c1cncc3ccccc13)C2. The zero-order valence-electron chi connectivity index (χ0n) is 14.8. The number of hydrazine groups is 1. The molecule has 0 spiro atoms. The lowest BCUT2D eigenvalue weighted by molar-refractivity contribution is -0.111. The van der Waals surface area contributed by atoms with E-state index in [0.29, 0.717) is 11.3 Å². The summed E-state index contributed by atoms with van der Waals surface area (Å²) in [5.74, 6) is -0.0296. The van der Waals surface area contributed by atoms with Crippen molar-refractivity contribution in [3.8, 4) is 0 Å². The first-order chi connectivity index (χ1) is 12.5. The molecule has 0 aliphatic carbocycles. The summed E-state index contributed by atoms with van der Waals surface area (Å²) in [6, 6.07) is 14.2. The second kappa shape index (κ2) is 6.19. The van der Waals surface area contributed by atoms with E-state index in [4.69, 9.17) is 5.73 Å². The number of allylic oxidation sites excluding steroid dienone is 2. The van der Waals surface area contributed by atoms with Crippen molar-refractivity contribution in [2.24, 2.45) is 5.73 Å². The van der Waals surface area contributed by atoms with Gasteiger partial charge in [-0.05, 0) is 31.0 Å². The Bertz CT molecular complexity index is 1050. The van der Waals surface area contributed by atoms with Crippen molar-refractivity contribution < 1.29 is 4.79 Å². The number of fused-ring (bicyclic) bond motifs is 2. The number of hydrogen-bond acceptors (Lipinski definition) is 5. The molecule has 5 heteroatoms. The minimum absolute atomic E-state index is 0.0296. The summed E-state index contributed by atoms with van der Waals surface area (Å²) in [5.41, 5.74) is 14.5. The van der Waals surface area contributed by atoms with Crippen LogP contribution in [0.4, 0.5) is 11.4 Å². The number of rotatable bonds is 3. The lowest BCUT2D eigenvalue weighted by atomic mass is 9.98. The lowest BCUT2D eigenvalue weighted by Gasteiger charge is -2.20. The first kappa shape index (κ1) is 16.1. The topological polar surface area (TPSA) is 71.2 Å². The zero-order valence-corrected chi connectivity index (χ0v) is 14.8. The molecule has 0 saturated carbocycles. The van der Waals surface area contributed by atoms with E-state index in [-0.39, 0.29) is 5.78 Å². The number of nitrogens with two attached hydrogens (primary N) is 1. The van der Waals surface area contributed by atoms with E-state index in [1.165, 1.54) is 5.56 Å². The molecule has 2 heterocycles. The number of hydrogen-bond donors (Lipinski definition) is 2. The van der Waals surface area contributed by atoms with Crippen LogP contribution in [0, 0.1) is 0 Å². The number of ketones is 1. The van der Waals surface area contributed by atoms with Crippen LogP contribution in [0.1, 0.15) is 25.0 Å². The standard InChI is InChI=1S/C21H20N4O/c1-13(22)21(14(2)26)15-7-8-17-12-25(24-19(17)9-15)20-11-23-10-16-5-3-4-6-18(16)20/h3-11,24H,12,22H2,1-2H3/b21-13+. The summed E-state index contributed by atoms with van der Waals surface area (Å²) in [7, 11) is 0. The molecule has 0 fully saturated rings. The number of carbonyl (C=O) groups excluding carboxylic acids is 1. The summed E-state index contributed by atoms with van der Waals surface area (Å²) in [6.45, 7) is 4.03. The predicted molar refractivity (Wildman–Crippen MR) is 105 cm³/mol. The Morgan fingerprint density at radius 3 is 2.73 bits per heavy atom. The van der Waals surface area contributed by atoms with Crippen molar-refractivity contribution in [2.75, 3.05) is 10.4 Å². The van der Waals surface area contributed by atoms with Gasteiger partial charge in [0.25, 0.3) is 0 Å². The minimum atomic E-state index is -0.0296. The summed E-state index contributed by atoms with van der Waals surface area (Å²) in [6.07, 6.45) is 3.74. The molecule has 0 radical (unpaired) electrons. The molecular weight excluding hydrogens is 324 g/mol. The largest absolute Gasteiger partial charge is 0.402 e. The summed E-state index contributed by atoms with van der Waals surface area (Å²) >= 11 is 0. The molecule has 0 atom stereocenters. The van der Waals surface area contributed by atoms with E-state index in [0.717, 1.165) is 34.3 Å². The van der Waals surface area contributed by atoms with Gasteiger partial charge in [-0.2, -0.15) is 0 Å². The predicted octanol–water partition coefficient (Wildman–Crippen LogP) is 3.86. The van der Waals surface area contributed by atoms with Crippen molar-refractivity contribution in [3.63, 3.8) is 0 Å². The van der Waals surface area contributed by atoms with Crippen LogP contribution in [0.3, 0.4) is 0 Å². The third-order valence-electron chi connectivity index (χ3n) is 4.67. The number of pyridine rings is 1. The number of carbonyl (C=O) groups is 1. The van der Waals surface area contributed by atoms with E-state index in [2.05, 4.69) is 27.6 Å². The maximum absolute atomic E-state index is 11.9. The van der Waals surface area contributed by atoms with Crippen molar-refractivity contribution in [1.29, 1.82) is 0 Å². The molecule has 26 heavy (non-hydrogen) atoms. The van der Waals surface area contributed by atoms with Crippen LogP contribution in [-0.4, -0.2) is 10.8 Å². The molecule has 1 aliphatic heterocycles. The number of benzene rings is 2. The maximum atomic E-state index is 11.9. The van der Waals surface area contributed by atoms with Crippen molar-refractivity contribution in [2.45, 2.75) is 20.4 Å². The van der Waals surface area contributed by atoms with Crippen LogP contribution in [-0.2, 0) is 11.3 Å². The van der Waals surface area contributed by atoms with E-state index in [1.807, 2.05) is 42.7 Å². The zero-order chi connectivity index (χ0) is 18.3. The lowest BCUT2D eigenvalue weighted by Crippen LogP contribution is -2.22. The molecule has 3 N–H and O–H groups in total. The number of anilines is 2. The average molecular weight is 344 g/mol. The van der Waals surface area contributed by atoms with Crippen LogP contribution in [0.25, 0.3) is 16.3 Å². The molecule has 130 valence electrons. The van der Waals surface area contributed by atoms with E-state index in [1.54, 1.807) is 13.8 Å². The first-order valence-corrected chi connectivity index (χ1v) is 8.52. The van der Waals surface area contributed by atoms with Gasteiger partial charge in [0.2, 0.25) is 0 Å². The second-order valence-electron chi connectivity index (χ2n) is 6.56. The molecule has 1 aliphatic rings. The Kier molecular flexibility index (Phi) is 3.84. The Morgan fingerprint density at radius 1 is 1.15 bits per heavy atom. The molecule has 0 bridgehead atoms. The van der Waals surface area contributed by atoms with E-state index in [9.17, 15) is 4.79 Å². The van der Waals surface area contributed by atoms with Gasteiger partial charge in [0, 0.05) is 28.2 Å². The van der Waals surface area contributed by atoms with Gasteiger partial charge in [0.05, 0.1) is 24.1 Å². The van der Waals surface area contributed by atoms with Gasteiger partial charge in [0.1, 0.15) is 0 Å². The smallest absolute Gasteiger partial charge is 0.162 e. The fourth-order valence-corrected chi connectivity index (χ4v) is 3.50. The number of Topliss-reactive ketones (excluding diaryl/α,β-unsaturated/α-hetero) is 1. The molecule has 2 aromatic carbocycles. The molecule has 1 aromatic heterocycles. The monoisotopic (exact) mass is 344 g/mol. The number of nitrogens with zero attached hydrogens (tertiary/aromatic N) is 2. The van der Waals surface area contributed by atoms with E-state index >= 15 is 0 Å². The highest BCUT2D eigenvalue weighted by atomic mass is 16.1. The average Bonchev–Trinajstić information content (AvgIpc) is 3.04. The fourth-order valence-electron chi connectivity index (χ4n) is 3.50. The first-order valence-electron chi connectivity index (χ1n) is 8.52. The highest BCUT2D eigenvalue weighted by Crippen LogP contribution is 2.34. The third-order valence-corrected chi connectivity index (χ3v) is 4.67. The molecule has 0 saturated heterocycles. The highest BCUT2D eigenvalue weighted by Gasteiger charge is 2.22. The Morgan fingerprint density at radius 2 is 1.96 bits per heavy atom. The molecule has 0 amide bonds. The van der Waals surface area contributed by atoms with Gasteiger partial charge in [-0.1, -0.05) is 36.4 Å². The van der Waals surface area contributed by atoms with E-state index < -0.39 is 0 Å². The normalized spacial score (nSPS) is 14.0. The van der Waals surface area contributed by atoms with Crippen molar-refractivity contribution in [3.05, 3.63) is 71.7 Å². The van der Waals surface area contributed by atoms with Crippen LogP contribution in [0.2, 0.25) is 0 Å². The number of aromatic nitrogens is 1. The van der Waals surface area contributed by atoms with Crippen molar-refractivity contribution >= 4 is 33.5 Å². The Hall–Kier alpha value is -3.34. The van der Waals surface area contributed by atoms with Gasteiger partial charge < -0.3 is 5.73 Å². The molecule has 0 unspecified atom stereocenters. The van der Waals surface area contributed by atoms with Crippen LogP contribution in [0.15, 0.2) is 60.6 Å². The third kappa shape index (κ3) is 2.67. The second-order valence-corrected chi connectivity index (χ2v) is 6.56. The Balaban J connectivity index is 1.72. The van der Waals surface area contributed by atoms with Gasteiger partial charge in [-0.15, -0.1) is 0 Å². The van der Waals surface area contributed by atoms with Gasteiger partial charge >= 0.3 is 0 Å². The van der Waals surface area contributed by atoms with Gasteiger partial charge in [0.15, 0.2) is 5.78 Å². The van der Waals surface area contributed by atoms with Gasteiger partial charge in [-0.3, -0.25) is 20.2 Å². The molecular formula is C21H20N4O. The van der Waals surface area contributed by atoms with Crippen LogP contribution >= 0.6 is 0 Å². The summed E-state index contributed by atoms with van der Waals surface area (Å²) in [5, 5.41) is 4.32. The van der Waals surface area contributed by atoms with Crippen LogP contribution in [0.5, 0.6) is 0 Å². The summed E-state index contributed by atoms with van der Waals surface area (Å²) in [4.78, 5) is 16.3. The Labute approximate surface area is 152 Å². The number of nitrogens with one attached hydrogen (secondary N) is 1. The van der Waals surface area contributed by atoms with Crippen LogP contribution < -0.4 is 16.2 Å².